The molecule has 3 N–H and O–H groups in total. The number of methoxy groups -OCH3 is 2. The fraction of sp³-hybridized carbons (Fsp3) is 0.263. The molecular weight excluding hydrogens is 398 g/mol. The lowest BCUT2D eigenvalue weighted by Gasteiger charge is -2.12. The van der Waals surface area contributed by atoms with Gasteiger partial charge in [-0.3, -0.25) is 0 Å². The third-order valence-corrected chi connectivity index (χ3v) is 5.55. The molecule has 1 aromatic heterocycles. The molecule has 0 spiro atoms. The number of benzene rings is 2. The molecule has 0 aliphatic rings. The molecule has 0 fully saturated rings. The number of nitrogens with two attached hydrogens (primary N) is 1. The fourth-order valence-electron chi connectivity index (χ4n) is 3.24. The van der Waals surface area contributed by atoms with E-state index in [1.54, 1.807) is 31.8 Å². The van der Waals surface area contributed by atoms with Gasteiger partial charge in [0.25, 0.3) is 0 Å². The van der Waals surface area contributed by atoms with Crippen molar-refractivity contribution in [1.29, 1.82) is 0 Å². The predicted molar refractivity (Wildman–Crippen MR) is 106 cm³/mol. The summed E-state index contributed by atoms with van der Waals surface area (Å²) >= 11 is 0. The summed E-state index contributed by atoms with van der Waals surface area (Å²) in [7, 11) is -1.05. The quantitative estimate of drug-likeness (QED) is 0.598. The van der Waals surface area contributed by atoms with Crippen LogP contribution in [0.1, 0.15) is 21.7 Å². The van der Waals surface area contributed by atoms with Crippen LogP contribution in [0.15, 0.2) is 35.2 Å². The molecule has 0 unspecified atom stereocenters. The Kier molecular flexibility index (Phi) is 5.49. The Morgan fingerprint density at radius 2 is 1.86 bits per heavy atom. The van der Waals surface area contributed by atoms with Gasteiger partial charge in [-0.05, 0) is 43.2 Å². The number of nitrogens with zero attached hydrogens (tertiary/aromatic N) is 2. The summed E-state index contributed by atoms with van der Waals surface area (Å²) in [6, 6.07) is 7.93. The number of carbonyl (C=O) groups is 1. The largest absolute Gasteiger partial charge is 0.493 e. The van der Waals surface area contributed by atoms with Gasteiger partial charge < -0.3 is 19.1 Å². The van der Waals surface area contributed by atoms with Crippen molar-refractivity contribution in [3.63, 3.8) is 0 Å². The number of hydrogen-bond donors (Lipinski definition) is 2. The molecule has 3 aromatic rings. The van der Waals surface area contributed by atoms with Gasteiger partial charge in [0.15, 0.2) is 11.5 Å². The van der Waals surface area contributed by atoms with Crippen molar-refractivity contribution in [3.8, 4) is 11.5 Å². The van der Waals surface area contributed by atoms with Gasteiger partial charge in [-0.25, -0.2) is 23.3 Å². The zero-order valence-corrected chi connectivity index (χ0v) is 17.0. The molecule has 3 rings (SSSR count). The summed E-state index contributed by atoms with van der Waals surface area (Å²) in [5.74, 6) is 0.494. The molecule has 0 radical (unpaired) electrons. The van der Waals surface area contributed by atoms with Gasteiger partial charge in [-0.1, -0.05) is 6.07 Å². The first-order chi connectivity index (χ1) is 13.7. The average molecular weight is 419 g/mol. The van der Waals surface area contributed by atoms with Crippen LogP contribution in [0, 0.1) is 6.92 Å². The predicted octanol–water partition coefficient (Wildman–Crippen LogP) is 1.95. The number of aromatic nitrogens is 2. The Hall–Kier alpha value is -3.11. The second-order valence-electron chi connectivity index (χ2n) is 6.44. The lowest BCUT2D eigenvalue weighted by atomic mass is 10.1. The van der Waals surface area contributed by atoms with Crippen molar-refractivity contribution in [3.05, 3.63) is 47.3 Å². The number of ether oxygens (including phenoxy) is 2. The molecule has 29 heavy (non-hydrogen) atoms. The maximum atomic E-state index is 12.1. The molecular formula is C19H21N3O6S. The monoisotopic (exact) mass is 419 g/mol. The van der Waals surface area contributed by atoms with Crippen LogP contribution in [0.5, 0.6) is 11.5 Å². The van der Waals surface area contributed by atoms with E-state index in [-0.39, 0.29) is 21.5 Å². The minimum Gasteiger partial charge on any atom is -0.493 e. The summed E-state index contributed by atoms with van der Waals surface area (Å²) < 4.78 is 36.5. The van der Waals surface area contributed by atoms with Crippen LogP contribution in [-0.4, -0.2) is 43.3 Å². The molecule has 0 aliphatic heterocycles. The Labute approximate surface area is 167 Å². The number of sulfonamides is 1. The highest BCUT2D eigenvalue weighted by Crippen LogP contribution is 2.29. The molecule has 1 heterocycles. The number of carboxylic acids is 1. The third kappa shape index (κ3) is 4.03. The lowest BCUT2D eigenvalue weighted by Crippen LogP contribution is -2.16. The Morgan fingerprint density at radius 1 is 1.17 bits per heavy atom. The second kappa shape index (κ2) is 7.72. The van der Waals surface area contributed by atoms with E-state index in [0.29, 0.717) is 30.3 Å². The second-order valence-corrected chi connectivity index (χ2v) is 7.97. The molecule has 0 atom stereocenters. The molecule has 10 heteroatoms. The van der Waals surface area contributed by atoms with Crippen LogP contribution in [0.3, 0.4) is 0 Å². The standard InChI is InChI=1S/C19H21N3O6S/c1-11-21-14-9-13(19(23)24)10-17(29(20,25)26)18(14)22(11)7-6-12-4-5-15(27-2)16(8-12)28-3/h4-5,8-10H,6-7H2,1-3H3,(H,23,24)(H2,20,25,26). The normalized spacial score (nSPS) is 11.6. The minimum atomic E-state index is -4.16. The molecule has 2 aromatic carbocycles. The molecule has 0 amide bonds. The number of primary sulfonamides is 1. The Morgan fingerprint density at radius 3 is 2.45 bits per heavy atom. The van der Waals surface area contributed by atoms with E-state index in [0.717, 1.165) is 11.6 Å². The fourth-order valence-corrected chi connectivity index (χ4v) is 4.01. The van der Waals surface area contributed by atoms with Gasteiger partial charge in [0.2, 0.25) is 10.0 Å². The molecule has 0 bridgehead atoms. The SMILES string of the molecule is COc1ccc(CCn2c(C)nc3cc(C(=O)O)cc(S(N)(=O)=O)c32)cc1OC. The topological polar surface area (TPSA) is 134 Å². The first-order valence-electron chi connectivity index (χ1n) is 8.63. The van der Waals surface area contributed by atoms with Gasteiger partial charge in [0, 0.05) is 6.54 Å². The van der Waals surface area contributed by atoms with E-state index >= 15 is 0 Å². The van der Waals surface area contributed by atoms with Crippen molar-refractivity contribution in [2.24, 2.45) is 5.14 Å². The van der Waals surface area contributed by atoms with E-state index in [1.807, 2.05) is 12.1 Å². The van der Waals surface area contributed by atoms with E-state index in [2.05, 4.69) is 4.98 Å². The number of imidazole rings is 1. The summed E-state index contributed by atoms with van der Waals surface area (Å²) in [5.41, 5.74) is 1.31. The third-order valence-electron chi connectivity index (χ3n) is 4.62. The molecule has 0 aliphatic carbocycles. The van der Waals surface area contributed by atoms with Crippen LogP contribution in [-0.2, 0) is 23.0 Å². The van der Waals surface area contributed by atoms with Crippen molar-refractivity contribution in [2.45, 2.75) is 24.8 Å². The Bertz CT molecular complexity index is 1200. The molecule has 9 nitrogen and oxygen atoms in total. The summed E-state index contributed by atoms with van der Waals surface area (Å²) in [6.45, 7) is 2.13. The smallest absolute Gasteiger partial charge is 0.335 e. The first-order valence-corrected chi connectivity index (χ1v) is 10.2. The molecule has 0 saturated carbocycles. The van der Waals surface area contributed by atoms with E-state index in [1.165, 1.54) is 6.07 Å². The maximum absolute atomic E-state index is 12.1. The maximum Gasteiger partial charge on any atom is 0.335 e. The lowest BCUT2D eigenvalue weighted by molar-refractivity contribution is 0.0696. The van der Waals surface area contributed by atoms with Crippen LogP contribution in [0.2, 0.25) is 0 Å². The number of aryl methyl sites for hydroxylation is 3. The highest BCUT2D eigenvalue weighted by molar-refractivity contribution is 7.89. The van der Waals surface area contributed by atoms with Crippen LogP contribution < -0.4 is 14.6 Å². The van der Waals surface area contributed by atoms with E-state index < -0.39 is 16.0 Å². The average Bonchev–Trinajstić information content (AvgIpc) is 2.99. The highest BCUT2D eigenvalue weighted by Gasteiger charge is 2.22. The molecule has 0 saturated heterocycles. The van der Waals surface area contributed by atoms with Gasteiger partial charge >= 0.3 is 5.97 Å². The van der Waals surface area contributed by atoms with Gasteiger partial charge in [-0.2, -0.15) is 0 Å². The van der Waals surface area contributed by atoms with Gasteiger partial charge in [0.1, 0.15) is 10.7 Å². The number of hydrogen-bond acceptors (Lipinski definition) is 6. The molecule has 154 valence electrons. The zero-order chi connectivity index (χ0) is 21.3. The summed E-state index contributed by atoms with van der Waals surface area (Å²) in [5, 5.41) is 14.6. The van der Waals surface area contributed by atoms with Crippen molar-refractivity contribution in [2.75, 3.05) is 14.2 Å². The number of fused-ring (bicyclic) bond motifs is 1. The van der Waals surface area contributed by atoms with Gasteiger partial charge in [-0.15, -0.1) is 0 Å². The van der Waals surface area contributed by atoms with Crippen LogP contribution in [0.25, 0.3) is 11.0 Å². The number of rotatable bonds is 7. The first kappa shape index (κ1) is 20.6. The van der Waals surface area contributed by atoms with Crippen molar-refractivity contribution < 1.29 is 27.8 Å². The van der Waals surface area contributed by atoms with Crippen LogP contribution >= 0.6 is 0 Å². The Balaban J connectivity index is 2.06. The zero-order valence-electron chi connectivity index (χ0n) is 16.2. The van der Waals surface area contributed by atoms with Crippen LogP contribution in [0.4, 0.5) is 0 Å². The summed E-state index contributed by atoms with van der Waals surface area (Å²) in [6.07, 6.45) is 0.553. The van der Waals surface area contributed by atoms with Crippen molar-refractivity contribution >= 4 is 27.0 Å². The van der Waals surface area contributed by atoms with E-state index in [9.17, 15) is 18.3 Å². The minimum absolute atomic E-state index is 0.189. The van der Waals surface area contributed by atoms with E-state index in [4.69, 9.17) is 14.6 Å². The number of carboxylic acid groups (broad SMARTS) is 1. The van der Waals surface area contributed by atoms with Crippen molar-refractivity contribution in [1.82, 2.24) is 9.55 Å². The highest BCUT2D eigenvalue weighted by atomic mass is 32.2. The summed E-state index contributed by atoms with van der Waals surface area (Å²) in [4.78, 5) is 15.4. The number of aromatic carboxylic acids is 1. The van der Waals surface area contributed by atoms with Gasteiger partial charge in [0.05, 0.1) is 30.8 Å².